The van der Waals surface area contributed by atoms with E-state index in [9.17, 15) is 0 Å². The van der Waals surface area contributed by atoms with E-state index in [0.29, 0.717) is 39.8 Å². The number of fused-ring (bicyclic) bond motifs is 6. The van der Waals surface area contributed by atoms with E-state index in [4.69, 9.17) is 26.2 Å². The van der Waals surface area contributed by atoms with Gasteiger partial charge in [0.05, 0.1) is 17.9 Å². The van der Waals surface area contributed by atoms with Gasteiger partial charge in [0.25, 0.3) is 0 Å². The summed E-state index contributed by atoms with van der Waals surface area (Å²) in [7, 11) is 0. The Morgan fingerprint density at radius 1 is 0.411 bits per heavy atom. The zero-order valence-corrected chi connectivity index (χ0v) is 29.8. The van der Waals surface area contributed by atoms with Gasteiger partial charge in [-0.3, -0.25) is 0 Å². The summed E-state index contributed by atoms with van der Waals surface area (Å²) in [6, 6.07) is 52.5. The minimum absolute atomic E-state index is 0.0758. The fourth-order valence-electron chi connectivity index (χ4n) is 7.70. The molecule has 0 saturated carbocycles. The van der Waals surface area contributed by atoms with Crippen LogP contribution in [-0.4, -0.2) is 19.5 Å². The minimum atomic E-state index is -0.450. The Balaban J connectivity index is 1.07. The molecule has 0 aliphatic rings. The van der Waals surface area contributed by atoms with Crippen molar-refractivity contribution in [2.45, 2.75) is 0 Å². The van der Waals surface area contributed by atoms with Crippen LogP contribution >= 0.6 is 0 Å². The summed E-state index contributed by atoms with van der Waals surface area (Å²) < 4.78 is 51.8. The average Bonchev–Trinajstić information content (AvgIpc) is 3.86. The fourth-order valence-corrected chi connectivity index (χ4v) is 7.70. The number of hydrogen-bond acceptors (Lipinski definition) is 4. The number of rotatable bonds is 6. The van der Waals surface area contributed by atoms with Crippen LogP contribution in [0.1, 0.15) is 6.85 Å². The van der Waals surface area contributed by atoms with Crippen molar-refractivity contribution in [2.24, 2.45) is 0 Å². The largest absolute Gasteiger partial charge is 0.455 e. The lowest BCUT2D eigenvalue weighted by Crippen LogP contribution is -2.00. The van der Waals surface area contributed by atoms with Crippen LogP contribution in [0, 0.1) is 0 Å². The maximum Gasteiger partial charge on any atom is 0.164 e. The number of furan rings is 1. The Bertz CT molecular complexity index is 3450. The van der Waals surface area contributed by atoms with Gasteiger partial charge in [-0.2, -0.15) is 0 Å². The van der Waals surface area contributed by atoms with Crippen molar-refractivity contribution in [2.75, 3.05) is 0 Å². The van der Waals surface area contributed by atoms with Crippen LogP contribution in [0.5, 0.6) is 0 Å². The van der Waals surface area contributed by atoms with Gasteiger partial charge in [-0.05, 0) is 77.4 Å². The summed E-state index contributed by atoms with van der Waals surface area (Å²) in [5.74, 6) is 1.49. The second-order valence-electron chi connectivity index (χ2n) is 13.7. The first-order chi connectivity index (χ1) is 29.8. The van der Waals surface area contributed by atoms with Crippen LogP contribution in [0.25, 0.3) is 106 Å². The second-order valence-corrected chi connectivity index (χ2v) is 13.7. The molecule has 0 aliphatic carbocycles. The Morgan fingerprint density at radius 2 is 0.964 bits per heavy atom. The number of hydrogen-bond donors (Lipinski definition) is 0. The summed E-state index contributed by atoms with van der Waals surface area (Å²) in [6.07, 6.45) is 0. The summed E-state index contributed by atoms with van der Waals surface area (Å²) in [4.78, 5) is 15.0. The Labute approximate surface area is 329 Å². The number of aromatic nitrogens is 4. The molecule has 0 unspecified atom stereocenters. The van der Waals surface area contributed by atoms with Crippen molar-refractivity contribution < 1.29 is 11.3 Å². The molecule has 11 rings (SSSR count). The molecule has 0 aliphatic heterocycles. The zero-order chi connectivity index (χ0) is 41.4. The van der Waals surface area contributed by atoms with Gasteiger partial charge in [0.2, 0.25) is 0 Å². The number of nitrogens with zero attached hydrogens (tertiary/aromatic N) is 4. The number of benzene rings is 8. The quantitative estimate of drug-likeness (QED) is 0.172. The monoisotopic (exact) mass is 721 g/mol. The highest BCUT2D eigenvalue weighted by atomic mass is 16.3. The van der Waals surface area contributed by atoms with E-state index in [1.165, 1.54) is 10.8 Å². The smallest absolute Gasteiger partial charge is 0.164 e. The molecule has 0 amide bonds. The van der Waals surface area contributed by atoms with Crippen LogP contribution in [0.15, 0.2) is 198 Å². The number of para-hydroxylation sites is 2. The highest BCUT2D eigenvalue weighted by Gasteiger charge is 2.19. The molecule has 0 saturated heterocycles. The predicted molar refractivity (Wildman–Crippen MR) is 229 cm³/mol. The average molecular weight is 722 g/mol. The lowest BCUT2D eigenvalue weighted by Gasteiger charge is -2.11. The first kappa shape index (κ1) is 27.0. The minimum Gasteiger partial charge on any atom is -0.455 e. The lowest BCUT2D eigenvalue weighted by atomic mass is 9.95. The molecule has 0 spiro atoms. The van der Waals surface area contributed by atoms with Gasteiger partial charge in [-0.15, -0.1) is 0 Å². The van der Waals surface area contributed by atoms with Gasteiger partial charge in [-0.1, -0.05) is 133 Å². The molecule has 3 heterocycles. The summed E-state index contributed by atoms with van der Waals surface area (Å²) in [5.41, 5.74) is 8.80. The summed E-state index contributed by atoms with van der Waals surface area (Å²) in [5, 5.41) is 3.93. The Hall–Kier alpha value is -7.63. The van der Waals surface area contributed by atoms with Gasteiger partial charge < -0.3 is 8.98 Å². The van der Waals surface area contributed by atoms with E-state index < -0.39 is 18.1 Å². The van der Waals surface area contributed by atoms with Gasteiger partial charge in [-0.25, -0.2) is 15.0 Å². The molecule has 3 aromatic heterocycles. The van der Waals surface area contributed by atoms with Crippen LogP contribution in [-0.2, 0) is 0 Å². The third-order valence-electron chi connectivity index (χ3n) is 10.3. The van der Waals surface area contributed by atoms with Crippen molar-refractivity contribution in [3.05, 3.63) is 194 Å². The van der Waals surface area contributed by atoms with E-state index in [1.54, 1.807) is 0 Å². The normalized spacial score (nSPS) is 12.8. The van der Waals surface area contributed by atoms with Crippen LogP contribution in [0.3, 0.4) is 0 Å². The molecular weight excluding hydrogens is 685 g/mol. The highest BCUT2D eigenvalue weighted by Crippen LogP contribution is 2.41. The molecule has 262 valence electrons. The van der Waals surface area contributed by atoms with Gasteiger partial charge in [0.1, 0.15) is 11.2 Å². The molecule has 5 nitrogen and oxygen atoms in total. The van der Waals surface area contributed by atoms with E-state index in [-0.39, 0.29) is 17.6 Å². The van der Waals surface area contributed by atoms with E-state index in [0.717, 1.165) is 49.7 Å². The van der Waals surface area contributed by atoms with Crippen molar-refractivity contribution in [1.29, 1.82) is 0 Å². The van der Waals surface area contributed by atoms with Gasteiger partial charge >= 0.3 is 0 Å². The van der Waals surface area contributed by atoms with E-state index in [2.05, 4.69) is 65.2 Å². The SMILES string of the molecule is [2H]c1c([2H])c([2H])c(-c2cc(-c3ccccc3)cc3c2oc2cc(-c4nc(-c5ccccc5)nc(-c5ccc(-n6c7ccccc7c7ccccc76)cc5)n4)ccc23)c([2H])c1[2H]. The molecule has 0 atom stereocenters. The molecular formula is C51H32N4O. The third-order valence-corrected chi connectivity index (χ3v) is 10.3. The Morgan fingerprint density at radius 3 is 1.62 bits per heavy atom. The second kappa shape index (κ2) is 13.0. The maximum absolute atomic E-state index is 8.86. The van der Waals surface area contributed by atoms with Crippen LogP contribution in [0.2, 0.25) is 0 Å². The molecule has 0 N–H and O–H groups in total. The zero-order valence-electron chi connectivity index (χ0n) is 34.8. The topological polar surface area (TPSA) is 56.7 Å². The highest BCUT2D eigenvalue weighted by molar-refractivity contribution is 6.12. The van der Waals surface area contributed by atoms with Crippen LogP contribution in [0.4, 0.5) is 0 Å². The van der Waals surface area contributed by atoms with Gasteiger partial charge in [0, 0.05) is 49.5 Å². The summed E-state index contributed by atoms with van der Waals surface area (Å²) >= 11 is 0. The van der Waals surface area contributed by atoms with Crippen molar-refractivity contribution in [1.82, 2.24) is 19.5 Å². The van der Waals surface area contributed by atoms with Crippen molar-refractivity contribution >= 4 is 43.7 Å². The van der Waals surface area contributed by atoms with Crippen molar-refractivity contribution in [3.63, 3.8) is 0 Å². The lowest BCUT2D eigenvalue weighted by molar-refractivity contribution is 0.670. The standard InChI is InChI=1S/C51H32N4O/c1-4-14-33(15-5-1)38-30-43(34-16-6-2-7-17-34)48-44(31-38)42-29-26-37(32-47(42)56-48)51-53-49(35-18-8-3-9-19-35)52-50(54-51)36-24-27-39(28-25-36)55-45-22-12-10-20-40(45)41-21-11-13-23-46(41)55/h1-32H/i2D,6D,7D,16D,17D. The molecule has 0 radical (unpaired) electrons. The predicted octanol–water partition coefficient (Wildman–Crippen LogP) is 13.2. The van der Waals surface area contributed by atoms with E-state index >= 15 is 0 Å². The van der Waals surface area contributed by atoms with E-state index in [1.807, 2.05) is 103 Å². The molecule has 0 fully saturated rings. The Kier molecular flexibility index (Phi) is 6.29. The summed E-state index contributed by atoms with van der Waals surface area (Å²) in [6.45, 7) is 0. The first-order valence-electron chi connectivity index (χ1n) is 20.9. The van der Waals surface area contributed by atoms with Crippen LogP contribution < -0.4 is 0 Å². The van der Waals surface area contributed by atoms with Gasteiger partial charge in [0.15, 0.2) is 17.5 Å². The molecule has 5 heteroatoms. The van der Waals surface area contributed by atoms with Crippen molar-refractivity contribution in [3.8, 4) is 62.1 Å². The molecule has 0 bridgehead atoms. The molecule has 8 aromatic carbocycles. The molecule has 56 heavy (non-hydrogen) atoms. The fraction of sp³-hybridized carbons (Fsp3) is 0. The maximum atomic E-state index is 8.86. The molecule has 11 aromatic rings. The first-order valence-corrected chi connectivity index (χ1v) is 18.4. The third kappa shape index (κ3) is 5.37.